The van der Waals surface area contributed by atoms with Crippen molar-refractivity contribution in [2.45, 2.75) is 19.4 Å². The van der Waals surface area contributed by atoms with Gasteiger partial charge < -0.3 is 16.4 Å². The van der Waals surface area contributed by atoms with E-state index in [2.05, 4.69) is 10.6 Å². The summed E-state index contributed by atoms with van der Waals surface area (Å²) in [6.45, 7) is 1.83. The van der Waals surface area contributed by atoms with Gasteiger partial charge in [-0.05, 0) is 6.92 Å². The van der Waals surface area contributed by atoms with Gasteiger partial charge >= 0.3 is 0 Å². The minimum Gasteiger partial charge on any atom is -0.368 e. The lowest BCUT2D eigenvalue weighted by molar-refractivity contribution is -0.129. The van der Waals surface area contributed by atoms with Gasteiger partial charge in [0.25, 0.3) is 0 Å². The number of hydrogen-bond donors (Lipinski definition) is 3. The first-order valence-corrected chi connectivity index (χ1v) is 4.37. The highest BCUT2D eigenvalue weighted by Gasteiger charge is 2.29. The van der Waals surface area contributed by atoms with Gasteiger partial charge in [0.05, 0.1) is 5.92 Å². The smallest absolute Gasteiger partial charge is 0.239 e. The zero-order valence-electron chi connectivity index (χ0n) is 7.87. The second-order valence-corrected chi connectivity index (χ2v) is 3.34. The van der Waals surface area contributed by atoms with E-state index >= 15 is 0 Å². The molecule has 1 fully saturated rings. The molecule has 14 heavy (non-hydrogen) atoms. The molecule has 1 rings (SSSR count). The van der Waals surface area contributed by atoms with Gasteiger partial charge in [-0.3, -0.25) is 14.4 Å². The molecule has 4 N–H and O–H groups in total. The van der Waals surface area contributed by atoms with Crippen LogP contribution in [0.2, 0.25) is 0 Å². The van der Waals surface area contributed by atoms with E-state index in [9.17, 15) is 14.4 Å². The molecule has 78 valence electrons. The fourth-order valence-electron chi connectivity index (χ4n) is 1.19. The summed E-state index contributed by atoms with van der Waals surface area (Å²) in [6.07, 6.45) is 0.178. The van der Waals surface area contributed by atoms with Crippen molar-refractivity contribution in [2.24, 2.45) is 11.7 Å². The van der Waals surface area contributed by atoms with Crippen molar-refractivity contribution in [2.75, 3.05) is 6.54 Å². The Hall–Kier alpha value is -1.59. The Kier molecular flexibility index (Phi) is 3.06. The predicted molar refractivity (Wildman–Crippen MR) is 47.9 cm³/mol. The number of carbonyl (C=O) groups excluding carboxylic acids is 3. The fraction of sp³-hybridized carbons (Fsp3) is 0.625. The molecule has 1 aliphatic rings. The van der Waals surface area contributed by atoms with Crippen LogP contribution >= 0.6 is 0 Å². The number of primary amides is 1. The highest BCUT2D eigenvalue weighted by molar-refractivity contribution is 5.91. The monoisotopic (exact) mass is 199 g/mol. The Morgan fingerprint density at radius 2 is 2.29 bits per heavy atom. The molecule has 3 amide bonds. The molecule has 0 aliphatic carbocycles. The van der Waals surface area contributed by atoms with Crippen molar-refractivity contribution in [1.82, 2.24) is 10.6 Å². The standard InChI is InChI=1S/C8H13N3O3/c1-4(7(9)13)11-8(14)5-2-6(12)10-3-5/h4-5H,2-3H2,1H3,(H2,9,13)(H,10,12)(H,11,14)/t4-,5?/m0/s1. The first kappa shape index (κ1) is 10.5. The molecule has 2 atom stereocenters. The molecule has 1 unspecified atom stereocenters. The third-order valence-corrected chi connectivity index (χ3v) is 2.13. The van der Waals surface area contributed by atoms with Gasteiger partial charge in [0.2, 0.25) is 17.7 Å². The number of nitrogens with one attached hydrogen (secondary N) is 2. The lowest BCUT2D eigenvalue weighted by Gasteiger charge is -2.12. The topological polar surface area (TPSA) is 101 Å². The summed E-state index contributed by atoms with van der Waals surface area (Å²) in [5.74, 6) is -1.42. The lowest BCUT2D eigenvalue weighted by Crippen LogP contribution is -2.45. The van der Waals surface area contributed by atoms with Crippen molar-refractivity contribution in [3.8, 4) is 0 Å². The van der Waals surface area contributed by atoms with Crippen molar-refractivity contribution in [1.29, 1.82) is 0 Å². The van der Waals surface area contributed by atoms with E-state index in [0.29, 0.717) is 6.54 Å². The van der Waals surface area contributed by atoms with Crippen molar-refractivity contribution >= 4 is 17.7 Å². The average Bonchev–Trinajstić information content (AvgIpc) is 2.51. The van der Waals surface area contributed by atoms with Crippen molar-refractivity contribution in [3.05, 3.63) is 0 Å². The molecule has 1 heterocycles. The molecule has 1 aliphatic heterocycles. The van der Waals surface area contributed by atoms with Crippen LogP contribution in [-0.2, 0) is 14.4 Å². The van der Waals surface area contributed by atoms with E-state index in [4.69, 9.17) is 5.73 Å². The molecule has 0 aromatic heterocycles. The Bertz CT molecular complexity index is 277. The number of nitrogens with two attached hydrogens (primary N) is 1. The highest BCUT2D eigenvalue weighted by atomic mass is 16.2. The SMILES string of the molecule is C[C@H](NC(=O)C1CNC(=O)C1)C(N)=O. The summed E-state index contributed by atoms with van der Waals surface area (Å²) < 4.78 is 0. The van der Waals surface area contributed by atoms with E-state index in [0.717, 1.165) is 0 Å². The van der Waals surface area contributed by atoms with Gasteiger partial charge in [-0.1, -0.05) is 0 Å². The minimum atomic E-state index is -0.696. The van der Waals surface area contributed by atoms with Gasteiger partial charge in [0.15, 0.2) is 0 Å². The molecule has 6 heteroatoms. The predicted octanol–water partition coefficient (Wildman–Crippen LogP) is -1.89. The van der Waals surface area contributed by atoms with Crippen LogP contribution in [0.4, 0.5) is 0 Å². The van der Waals surface area contributed by atoms with E-state index in [-0.39, 0.29) is 24.2 Å². The molecular weight excluding hydrogens is 186 g/mol. The summed E-state index contributed by atoms with van der Waals surface area (Å²) in [4.78, 5) is 32.8. The van der Waals surface area contributed by atoms with Crippen LogP contribution in [0.1, 0.15) is 13.3 Å². The van der Waals surface area contributed by atoms with Crippen molar-refractivity contribution < 1.29 is 14.4 Å². The molecule has 0 aromatic rings. The summed E-state index contributed by atoms with van der Waals surface area (Å²) in [5, 5.41) is 4.97. The van der Waals surface area contributed by atoms with Crippen LogP contribution < -0.4 is 16.4 Å². The maximum atomic E-state index is 11.4. The number of hydrogen-bond acceptors (Lipinski definition) is 3. The van der Waals surface area contributed by atoms with Crippen LogP contribution in [0.5, 0.6) is 0 Å². The quantitative estimate of drug-likeness (QED) is 0.495. The molecule has 0 bridgehead atoms. The number of rotatable bonds is 3. The average molecular weight is 199 g/mol. The van der Waals surface area contributed by atoms with E-state index in [1.165, 1.54) is 6.92 Å². The Balaban J connectivity index is 2.42. The van der Waals surface area contributed by atoms with Crippen LogP contribution in [0.3, 0.4) is 0 Å². The fourth-order valence-corrected chi connectivity index (χ4v) is 1.19. The Morgan fingerprint density at radius 3 is 2.71 bits per heavy atom. The third-order valence-electron chi connectivity index (χ3n) is 2.13. The van der Waals surface area contributed by atoms with E-state index < -0.39 is 11.9 Å². The Morgan fingerprint density at radius 1 is 1.64 bits per heavy atom. The first-order chi connectivity index (χ1) is 6.50. The molecule has 0 aromatic carbocycles. The summed E-state index contributed by atoms with van der Waals surface area (Å²) in [5.41, 5.74) is 4.97. The van der Waals surface area contributed by atoms with Gasteiger partial charge in [0, 0.05) is 13.0 Å². The van der Waals surface area contributed by atoms with Crippen LogP contribution in [0, 0.1) is 5.92 Å². The molecular formula is C8H13N3O3. The van der Waals surface area contributed by atoms with E-state index in [1.807, 2.05) is 0 Å². The molecule has 1 saturated heterocycles. The van der Waals surface area contributed by atoms with Gasteiger partial charge in [-0.15, -0.1) is 0 Å². The first-order valence-electron chi connectivity index (χ1n) is 4.37. The molecule has 0 saturated carbocycles. The van der Waals surface area contributed by atoms with Crippen LogP contribution in [0.25, 0.3) is 0 Å². The zero-order chi connectivity index (χ0) is 10.7. The number of amides is 3. The lowest BCUT2D eigenvalue weighted by atomic mass is 10.1. The maximum Gasteiger partial charge on any atom is 0.239 e. The third kappa shape index (κ3) is 2.45. The Labute approximate surface area is 81.2 Å². The largest absolute Gasteiger partial charge is 0.368 e. The summed E-state index contributed by atoms with van der Waals surface area (Å²) >= 11 is 0. The summed E-state index contributed by atoms with van der Waals surface area (Å²) in [7, 11) is 0. The van der Waals surface area contributed by atoms with Crippen LogP contribution in [0.15, 0.2) is 0 Å². The minimum absolute atomic E-state index is 0.142. The van der Waals surface area contributed by atoms with Crippen LogP contribution in [-0.4, -0.2) is 30.3 Å². The second kappa shape index (κ2) is 4.08. The zero-order valence-corrected chi connectivity index (χ0v) is 7.87. The van der Waals surface area contributed by atoms with Crippen molar-refractivity contribution in [3.63, 3.8) is 0 Å². The molecule has 0 spiro atoms. The molecule has 0 radical (unpaired) electrons. The highest BCUT2D eigenvalue weighted by Crippen LogP contribution is 2.08. The van der Waals surface area contributed by atoms with Gasteiger partial charge in [-0.25, -0.2) is 0 Å². The normalized spacial score (nSPS) is 22.6. The molecule has 6 nitrogen and oxygen atoms in total. The second-order valence-electron chi connectivity index (χ2n) is 3.34. The van der Waals surface area contributed by atoms with Gasteiger partial charge in [0.1, 0.15) is 6.04 Å². The summed E-state index contributed by atoms with van der Waals surface area (Å²) in [6, 6.07) is -0.696. The number of carbonyl (C=O) groups is 3. The van der Waals surface area contributed by atoms with Gasteiger partial charge in [-0.2, -0.15) is 0 Å². The maximum absolute atomic E-state index is 11.4. The van der Waals surface area contributed by atoms with E-state index in [1.54, 1.807) is 0 Å².